The Morgan fingerprint density at radius 2 is 2.39 bits per heavy atom. The van der Waals surface area contributed by atoms with E-state index < -0.39 is 0 Å². The molecule has 0 aromatic carbocycles. The molecule has 0 atom stereocenters. The summed E-state index contributed by atoms with van der Waals surface area (Å²) in [5.41, 5.74) is 3.32. The van der Waals surface area contributed by atoms with Gasteiger partial charge in [-0.1, -0.05) is 0 Å². The lowest BCUT2D eigenvalue weighted by Gasteiger charge is -2.19. The Balaban J connectivity index is 2.48. The molecule has 0 aliphatic heterocycles. The van der Waals surface area contributed by atoms with Gasteiger partial charge >= 0.3 is 0 Å². The van der Waals surface area contributed by atoms with Crippen molar-refractivity contribution in [2.75, 3.05) is 44.2 Å². The van der Waals surface area contributed by atoms with Crippen LogP contribution in [0.5, 0.6) is 0 Å². The van der Waals surface area contributed by atoms with E-state index in [0.717, 1.165) is 5.69 Å². The van der Waals surface area contributed by atoms with Crippen LogP contribution in [0, 0.1) is 0 Å². The molecule has 0 unspecified atom stereocenters. The lowest BCUT2D eigenvalue weighted by atomic mass is 10.3. The lowest BCUT2D eigenvalue weighted by molar-refractivity contribution is -0.119. The van der Waals surface area contributed by atoms with Gasteiger partial charge in [0.05, 0.1) is 13.2 Å². The van der Waals surface area contributed by atoms with E-state index in [2.05, 4.69) is 15.7 Å². The van der Waals surface area contributed by atoms with Crippen LogP contribution in [0.25, 0.3) is 0 Å². The number of nitrogen functional groups attached to an aromatic ring is 1. The van der Waals surface area contributed by atoms with Crippen molar-refractivity contribution >= 4 is 17.4 Å². The molecule has 0 aliphatic carbocycles. The maximum Gasteiger partial charge on any atom is 0.239 e. The van der Waals surface area contributed by atoms with E-state index in [-0.39, 0.29) is 12.5 Å². The molecule has 0 fully saturated rings. The smallest absolute Gasteiger partial charge is 0.239 e. The third-order valence-electron chi connectivity index (χ3n) is 2.34. The fourth-order valence-corrected chi connectivity index (χ4v) is 1.39. The number of carbonyl (C=O) groups excluding carboxylic acids is 1. The number of nitrogens with two attached hydrogens (primary N) is 1. The number of aromatic nitrogens is 1. The summed E-state index contributed by atoms with van der Waals surface area (Å²) in [4.78, 5) is 17.4. The van der Waals surface area contributed by atoms with Crippen molar-refractivity contribution < 1.29 is 9.53 Å². The van der Waals surface area contributed by atoms with E-state index in [1.807, 2.05) is 18.0 Å². The zero-order valence-corrected chi connectivity index (χ0v) is 10.6. The Labute approximate surface area is 106 Å². The van der Waals surface area contributed by atoms with Gasteiger partial charge in [-0.2, -0.15) is 0 Å². The van der Waals surface area contributed by atoms with Crippen molar-refractivity contribution in [2.45, 2.75) is 0 Å². The van der Waals surface area contributed by atoms with Crippen molar-refractivity contribution in [3.8, 4) is 0 Å². The first kappa shape index (κ1) is 14.2. The van der Waals surface area contributed by atoms with Crippen LogP contribution >= 0.6 is 0 Å². The van der Waals surface area contributed by atoms with Crippen LogP contribution in [0.1, 0.15) is 0 Å². The van der Waals surface area contributed by atoms with E-state index in [1.165, 1.54) is 0 Å². The molecule has 1 aromatic rings. The van der Waals surface area contributed by atoms with Crippen LogP contribution in [0.15, 0.2) is 18.3 Å². The number of likely N-dealkylation sites (N-methyl/N-ethyl adjacent to an activating group) is 1. The SMILES string of the molecule is COCCNC(=O)CN(C)c1ccnc(NN)c1. The van der Waals surface area contributed by atoms with Crippen molar-refractivity contribution in [2.24, 2.45) is 5.84 Å². The van der Waals surface area contributed by atoms with Crippen LogP contribution < -0.4 is 21.5 Å². The van der Waals surface area contributed by atoms with Gasteiger partial charge in [-0.3, -0.25) is 4.79 Å². The minimum Gasteiger partial charge on any atom is -0.383 e. The molecule has 4 N–H and O–H groups in total. The summed E-state index contributed by atoms with van der Waals surface area (Å²) in [6.45, 7) is 1.28. The Morgan fingerprint density at radius 1 is 1.61 bits per heavy atom. The standard InChI is InChI=1S/C11H19N5O2/c1-16(8-11(17)14-5-6-18-2)9-3-4-13-10(7-9)15-12/h3-4,7H,5-6,8,12H2,1-2H3,(H,13,15)(H,14,17). The largest absolute Gasteiger partial charge is 0.383 e. The number of carbonyl (C=O) groups is 1. The molecule has 0 aliphatic rings. The number of hydrazine groups is 1. The molecule has 0 saturated heterocycles. The fraction of sp³-hybridized carbons (Fsp3) is 0.455. The van der Waals surface area contributed by atoms with Gasteiger partial charge in [-0.25, -0.2) is 10.8 Å². The number of hydrogen-bond acceptors (Lipinski definition) is 6. The van der Waals surface area contributed by atoms with Gasteiger partial charge < -0.3 is 20.4 Å². The average molecular weight is 253 g/mol. The monoisotopic (exact) mass is 253 g/mol. The number of nitrogens with one attached hydrogen (secondary N) is 2. The molecular formula is C11H19N5O2. The van der Waals surface area contributed by atoms with E-state index in [4.69, 9.17) is 10.6 Å². The number of pyridine rings is 1. The second-order valence-corrected chi connectivity index (χ2v) is 3.74. The highest BCUT2D eigenvalue weighted by Crippen LogP contribution is 2.14. The molecule has 7 heteroatoms. The van der Waals surface area contributed by atoms with Gasteiger partial charge in [0.25, 0.3) is 0 Å². The average Bonchev–Trinajstić information content (AvgIpc) is 2.39. The highest BCUT2D eigenvalue weighted by molar-refractivity contribution is 5.81. The van der Waals surface area contributed by atoms with E-state index in [1.54, 1.807) is 19.4 Å². The summed E-state index contributed by atoms with van der Waals surface area (Å²) in [6.07, 6.45) is 1.63. The first-order valence-corrected chi connectivity index (χ1v) is 5.57. The van der Waals surface area contributed by atoms with E-state index >= 15 is 0 Å². The lowest BCUT2D eigenvalue weighted by Crippen LogP contribution is -2.36. The zero-order valence-electron chi connectivity index (χ0n) is 10.6. The van der Waals surface area contributed by atoms with Crippen LogP contribution in [-0.2, 0) is 9.53 Å². The first-order chi connectivity index (χ1) is 8.67. The van der Waals surface area contributed by atoms with Gasteiger partial charge in [0.2, 0.25) is 5.91 Å². The maximum atomic E-state index is 11.6. The number of nitrogens with zero attached hydrogens (tertiary/aromatic N) is 2. The van der Waals surface area contributed by atoms with Crippen LogP contribution in [0.2, 0.25) is 0 Å². The van der Waals surface area contributed by atoms with Crippen LogP contribution in [0.4, 0.5) is 11.5 Å². The fourth-order valence-electron chi connectivity index (χ4n) is 1.39. The molecule has 1 heterocycles. The van der Waals surface area contributed by atoms with E-state index in [9.17, 15) is 4.79 Å². The van der Waals surface area contributed by atoms with Gasteiger partial charge in [0.15, 0.2) is 0 Å². The number of methoxy groups -OCH3 is 1. The third-order valence-corrected chi connectivity index (χ3v) is 2.34. The molecule has 0 bridgehead atoms. The first-order valence-electron chi connectivity index (χ1n) is 5.57. The highest BCUT2D eigenvalue weighted by Gasteiger charge is 2.07. The van der Waals surface area contributed by atoms with Crippen molar-refractivity contribution in [1.82, 2.24) is 10.3 Å². The van der Waals surface area contributed by atoms with Crippen molar-refractivity contribution in [1.29, 1.82) is 0 Å². The summed E-state index contributed by atoms with van der Waals surface area (Å²) in [5, 5.41) is 2.75. The number of anilines is 2. The summed E-state index contributed by atoms with van der Waals surface area (Å²) in [6, 6.07) is 3.58. The maximum absolute atomic E-state index is 11.6. The molecule has 0 radical (unpaired) electrons. The van der Waals surface area contributed by atoms with Crippen LogP contribution in [-0.4, -0.2) is 44.7 Å². The van der Waals surface area contributed by atoms with Crippen LogP contribution in [0.3, 0.4) is 0 Å². The summed E-state index contributed by atoms with van der Waals surface area (Å²) >= 11 is 0. The predicted molar refractivity (Wildman–Crippen MR) is 70.2 cm³/mol. The summed E-state index contributed by atoms with van der Waals surface area (Å²) < 4.78 is 4.85. The molecule has 7 nitrogen and oxygen atoms in total. The molecule has 1 amide bonds. The van der Waals surface area contributed by atoms with Gasteiger partial charge in [0, 0.05) is 38.7 Å². The second-order valence-electron chi connectivity index (χ2n) is 3.74. The van der Waals surface area contributed by atoms with Gasteiger partial charge in [-0.15, -0.1) is 0 Å². The number of amides is 1. The minimum atomic E-state index is -0.0615. The zero-order chi connectivity index (χ0) is 13.4. The van der Waals surface area contributed by atoms with Crippen molar-refractivity contribution in [3.63, 3.8) is 0 Å². The normalized spacial score (nSPS) is 9.94. The molecule has 1 rings (SSSR count). The molecule has 18 heavy (non-hydrogen) atoms. The molecule has 1 aromatic heterocycles. The third kappa shape index (κ3) is 4.56. The number of rotatable bonds is 7. The Kier molecular flexibility index (Phi) is 5.89. The second kappa shape index (κ2) is 7.46. The summed E-state index contributed by atoms with van der Waals surface area (Å²) in [5.74, 6) is 5.77. The molecule has 0 spiro atoms. The summed E-state index contributed by atoms with van der Waals surface area (Å²) in [7, 11) is 3.42. The Morgan fingerprint density at radius 3 is 3.06 bits per heavy atom. The van der Waals surface area contributed by atoms with Crippen molar-refractivity contribution in [3.05, 3.63) is 18.3 Å². The minimum absolute atomic E-state index is 0.0615. The quantitative estimate of drug-likeness (QED) is 0.347. The Bertz CT molecular complexity index is 385. The highest BCUT2D eigenvalue weighted by atomic mass is 16.5. The number of ether oxygens (including phenoxy) is 1. The molecular weight excluding hydrogens is 234 g/mol. The topological polar surface area (TPSA) is 92.5 Å². The van der Waals surface area contributed by atoms with Gasteiger partial charge in [-0.05, 0) is 6.07 Å². The van der Waals surface area contributed by atoms with E-state index in [0.29, 0.717) is 19.0 Å². The predicted octanol–water partition coefficient (Wildman–Crippen LogP) is -0.434. The molecule has 0 saturated carbocycles. The Hall–Kier alpha value is -1.86. The van der Waals surface area contributed by atoms with Gasteiger partial charge in [0.1, 0.15) is 5.82 Å². The number of hydrogen-bond donors (Lipinski definition) is 3. The molecule has 100 valence electrons.